The third-order valence-corrected chi connectivity index (χ3v) is 3.90. The van der Waals surface area contributed by atoms with Crippen LogP contribution in [0.4, 0.5) is 0 Å². The minimum Gasteiger partial charge on any atom is -0.481 e. The van der Waals surface area contributed by atoms with Crippen molar-refractivity contribution in [1.82, 2.24) is 0 Å². The predicted octanol–water partition coefficient (Wildman–Crippen LogP) is 4.54. The monoisotopic (exact) mass is 294 g/mol. The van der Waals surface area contributed by atoms with E-state index < -0.39 is 5.97 Å². The van der Waals surface area contributed by atoms with Gasteiger partial charge in [0, 0.05) is 19.3 Å². The zero-order valence-corrected chi connectivity index (χ0v) is 13.4. The second-order valence-electron chi connectivity index (χ2n) is 5.93. The molecule has 3 heteroatoms. The van der Waals surface area contributed by atoms with Crippen LogP contribution >= 0.6 is 0 Å². The molecule has 1 aliphatic heterocycles. The van der Waals surface area contributed by atoms with Crippen molar-refractivity contribution in [3.05, 3.63) is 0 Å². The van der Waals surface area contributed by atoms with Gasteiger partial charge in [0.2, 0.25) is 0 Å². The summed E-state index contributed by atoms with van der Waals surface area (Å²) in [6.45, 7) is 2.21. The molecule has 1 saturated heterocycles. The lowest BCUT2D eigenvalue weighted by atomic mass is 10.1. The molecule has 0 amide bonds. The molecule has 0 radical (unpaired) electrons. The molecule has 0 bridgehead atoms. The van der Waals surface area contributed by atoms with Crippen LogP contribution in [0.25, 0.3) is 0 Å². The topological polar surface area (TPSA) is 49.8 Å². The van der Waals surface area contributed by atoms with Gasteiger partial charge in [0.15, 0.2) is 0 Å². The number of hydrogen-bond acceptors (Lipinski definition) is 2. The normalized spacial score (nSPS) is 19.9. The summed E-state index contributed by atoms with van der Waals surface area (Å²) in [5.74, 6) is 5.79. The van der Waals surface area contributed by atoms with Crippen molar-refractivity contribution in [2.24, 2.45) is 0 Å². The lowest BCUT2D eigenvalue weighted by Crippen LogP contribution is -1.94. The third-order valence-electron chi connectivity index (χ3n) is 3.90. The van der Waals surface area contributed by atoms with Gasteiger partial charge in [0.25, 0.3) is 0 Å². The van der Waals surface area contributed by atoms with Gasteiger partial charge in [0.05, 0.1) is 12.2 Å². The second kappa shape index (κ2) is 11.6. The van der Waals surface area contributed by atoms with Gasteiger partial charge < -0.3 is 9.84 Å². The Hall–Kier alpha value is -1.01. The van der Waals surface area contributed by atoms with Crippen LogP contribution in [0.1, 0.15) is 84.0 Å². The second-order valence-corrected chi connectivity index (χ2v) is 5.93. The molecule has 1 aliphatic rings. The molecule has 0 aromatic heterocycles. The highest BCUT2D eigenvalue weighted by Crippen LogP contribution is 2.29. The van der Waals surface area contributed by atoms with Gasteiger partial charge in [-0.25, -0.2) is 0 Å². The van der Waals surface area contributed by atoms with Crippen LogP contribution in [0.15, 0.2) is 0 Å². The summed E-state index contributed by atoms with van der Waals surface area (Å²) in [5, 5.41) is 8.53. The largest absolute Gasteiger partial charge is 0.481 e. The molecular weight excluding hydrogens is 264 g/mol. The van der Waals surface area contributed by atoms with Crippen molar-refractivity contribution in [2.75, 3.05) is 0 Å². The zero-order valence-electron chi connectivity index (χ0n) is 13.4. The number of carboxylic acid groups (broad SMARTS) is 1. The van der Waals surface area contributed by atoms with E-state index in [-0.39, 0.29) is 0 Å². The van der Waals surface area contributed by atoms with Crippen LogP contribution in [0, 0.1) is 11.8 Å². The molecular formula is C18H30O3. The third kappa shape index (κ3) is 10.4. The minimum atomic E-state index is -0.681. The highest BCUT2D eigenvalue weighted by molar-refractivity contribution is 5.66. The quantitative estimate of drug-likeness (QED) is 0.326. The molecule has 0 unspecified atom stereocenters. The van der Waals surface area contributed by atoms with E-state index >= 15 is 0 Å². The molecule has 0 aliphatic carbocycles. The summed E-state index contributed by atoms with van der Waals surface area (Å²) in [5.41, 5.74) is 0. The Labute approximate surface area is 129 Å². The Morgan fingerprint density at radius 1 is 1.00 bits per heavy atom. The average molecular weight is 294 g/mol. The molecule has 1 rings (SSSR count). The fraction of sp³-hybridized carbons (Fsp3) is 0.833. The first-order valence-corrected chi connectivity index (χ1v) is 8.57. The van der Waals surface area contributed by atoms with E-state index in [0.717, 1.165) is 38.5 Å². The highest BCUT2D eigenvalue weighted by atomic mass is 16.6. The van der Waals surface area contributed by atoms with Gasteiger partial charge in [-0.3, -0.25) is 4.79 Å². The van der Waals surface area contributed by atoms with Crippen molar-refractivity contribution in [3.63, 3.8) is 0 Å². The van der Waals surface area contributed by atoms with Crippen LogP contribution in [-0.2, 0) is 9.53 Å². The summed E-state index contributed by atoms with van der Waals surface area (Å²) in [7, 11) is 0. The first-order chi connectivity index (χ1) is 10.2. The first-order valence-electron chi connectivity index (χ1n) is 8.57. The number of carboxylic acids is 1. The standard InChI is InChI=1S/C18H30O3/c1-2-3-4-5-7-10-13-16-17(21-16)14-11-8-6-9-12-15-18(19)20/h16-17H,2-6,8-9,11-15H2,1H3,(H,19,20)/t16-,17+/m1/s1. The van der Waals surface area contributed by atoms with Crippen LogP contribution in [0.2, 0.25) is 0 Å². The summed E-state index contributed by atoms with van der Waals surface area (Å²) in [4.78, 5) is 10.4. The maximum absolute atomic E-state index is 10.4. The maximum Gasteiger partial charge on any atom is 0.303 e. The molecule has 120 valence electrons. The zero-order chi connectivity index (χ0) is 15.3. The molecule has 21 heavy (non-hydrogen) atoms. The van der Waals surface area contributed by atoms with Gasteiger partial charge in [-0.1, -0.05) is 45.4 Å². The number of ether oxygens (including phenoxy) is 1. The van der Waals surface area contributed by atoms with Gasteiger partial charge in [-0.15, -0.1) is 11.8 Å². The Morgan fingerprint density at radius 3 is 2.52 bits per heavy atom. The Kier molecular flexibility index (Phi) is 9.99. The van der Waals surface area contributed by atoms with Crippen LogP contribution in [-0.4, -0.2) is 23.3 Å². The van der Waals surface area contributed by atoms with E-state index in [1.54, 1.807) is 0 Å². The van der Waals surface area contributed by atoms with E-state index in [9.17, 15) is 4.79 Å². The van der Waals surface area contributed by atoms with Crippen molar-refractivity contribution < 1.29 is 14.6 Å². The van der Waals surface area contributed by atoms with Crippen LogP contribution in [0.5, 0.6) is 0 Å². The van der Waals surface area contributed by atoms with Crippen LogP contribution in [0.3, 0.4) is 0 Å². The Balaban J connectivity index is 1.85. The molecule has 1 N–H and O–H groups in total. The molecule has 1 fully saturated rings. The van der Waals surface area contributed by atoms with E-state index in [4.69, 9.17) is 9.84 Å². The molecule has 0 aromatic rings. The number of aliphatic carboxylic acids is 1. The van der Waals surface area contributed by atoms with Crippen molar-refractivity contribution in [1.29, 1.82) is 0 Å². The summed E-state index contributed by atoms with van der Waals surface area (Å²) < 4.78 is 5.62. The lowest BCUT2D eigenvalue weighted by Gasteiger charge is -1.98. The van der Waals surface area contributed by atoms with Crippen molar-refractivity contribution >= 4 is 5.97 Å². The summed E-state index contributed by atoms with van der Waals surface area (Å²) >= 11 is 0. The highest BCUT2D eigenvalue weighted by Gasteiger charge is 2.36. The number of epoxide rings is 1. The fourth-order valence-corrected chi connectivity index (χ4v) is 2.49. The van der Waals surface area contributed by atoms with Gasteiger partial charge in [-0.05, 0) is 19.3 Å². The SMILES string of the molecule is CCCCCC#CC[C@H]1O[C@H]1CCCCCCCC(=O)O. The lowest BCUT2D eigenvalue weighted by molar-refractivity contribution is -0.137. The van der Waals surface area contributed by atoms with E-state index in [1.165, 1.54) is 32.1 Å². The number of unbranched alkanes of at least 4 members (excludes halogenated alkanes) is 7. The van der Waals surface area contributed by atoms with E-state index in [0.29, 0.717) is 18.6 Å². The minimum absolute atomic E-state index is 0.310. The number of rotatable bonds is 12. The molecule has 0 aromatic carbocycles. The smallest absolute Gasteiger partial charge is 0.303 e. The molecule has 0 spiro atoms. The Bertz CT molecular complexity index is 340. The van der Waals surface area contributed by atoms with Gasteiger partial charge >= 0.3 is 5.97 Å². The van der Waals surface area contributed by atoms with E-state index in [2.05, 4.69) is 18.8 Å². The van der Waals surface area contributed by atoms with Crippen molar-refractivity contribution in [3.8, 4) is 11.8 Å². The van der Waals surface area contributed by atoms with Crippen LogP contribution < -0.4 is 0 Å². The summed E-state index contributed by atoms with van der Waals surface area (Å²) in [6, 6.07) is 0. The molecule has 1 heterocycles. The predicted molar refractivity (Wildman–Crippen MR) is 85.2 cm³/mol. The average Bonchev–Trinajstić information content (AvgIpc) is 3.20. The molecule has 3 nitrogen and oxygen atoms in total. The number of hydrogen-bond donors (Lipinski definition) is 1. The first kappa shape index (κ1) is 18.0. The van der Waals surface area contributed by atoms with Crippen molar-refractivity contribution in [2.45, 2.75) is 96.2 Å². The van der Waals surface area contributed by atoms with Gasteiger partial charge in [-0.2, -0.15) is 0 Å². The van der Waals surface area contributed by atoms with Gasteiger partial charge in [0.1, 0.15) is 0 Å². The molecule has 0 saturated carbocycles. The maximum atomic E-state index is 10.4. The fourth-order valence-electron chi connectivity index (χ4n) is 2.49. The summed E-state index contributed by atoms with van der Waals surface area (Å²) in [6.07, 6.45) is 13.3. The number of carbonyl (C=O) groups is 1. The molecule has 2 atom stereocenters. The Morgan fingerprint density at radius 2 is 1.76 bits per heavy atom. The van der Waals surface area contributed by atoms with E-state index in [1.807, 2.05) is 0 Å².